The van der Waals surface area contributed by atoms with Crippen LogP contribution in [0.1, 0.15) is 19.5 Å². The lowest BCUT2D eigenvalue weighted by molar-refractivity contribution is -0.00682. The number of aliphatic imine (C=N–C) groups is 1. The molecule has 0 bridgehead atoms. The molecule has 1 aromatic rings. The molecule has 23 heavy (non-hydrogen) atoms. The molecule has 0 saturated carbocycles. The lowest BCUT2D eigenvalue weighted by Gasteiger charge is -2.39. The zero-order chi connectivity index (χ0) is 15.8. The standard InChI is InChI=1S/C16H27N5O.HI/c1-16(2,21-9-11-22-12-10-21)13-20-15(17)19-8-6-14-5-3-4-7-18-14;/h3-5,7H,6,8-13H2,1-2H3,(H3,17,19,20);1H. The van der Waals surface area contributed by atoms with Crippen LogP contribution in [0.2, 0.25) is 0 Å². The number of pyridine rings is 1. The van der Waals surface area contributed by atoms with Crippen LogP contribution >= 0.6 is 24.0 Å². The Morgan fingerprint density at radius 2 is 2.13 bits per heavy atom. The van der Waals surface area contributed by atoms with Crippen LogP contribution in [-0.2, 0) is 11.2 Å². The summed E-state index contributed by atoms with van der Waals surface area (Å²) in [6.07, 6.45) is 2.64. The van der Waals surface area contributed by atoms with Crippen LogP contribution in [0, 0.1) is 0 Å². The Balaban J connectivity index is 0.00000264. The average molecular weight is 433 g/mol. The van der Waals surface area contributed by atoms with Crippen LogP contribution in [0.5, 0.6) is 0 Å². The number of hydrogen-bond acceptors (Lipinski definition) is 4. The molecular weight excluding hydrogens is 405 g/mol. The fourth-order valence-corrected chi connectivity index (χ4v) is 2.47. The van der Waals surface area contributed by atoms with Crippen molar-refractivity contribution in [1.29, 1.82) is 0 Å². The molecule has 1 fully saturated rings. The summed E-state index contributed by atoms with van der Waals surface area (Å²) >= 11 is 0. The van der Waals surface area contributed by atoms with Gasteiger partial charge in [-0.1, -0.05) is 6.07 Å². The van der Waals surface area contributed by atoms with Gasteiger partial charge in [0.2, 0.25) is 0 Å². The molecule has 0 atom stereocenters. The highest BCUT2D eigenvalue weighted by molar-refractivity contribution is 14.0. The van der Waals surface area contributed by atoms with Crippen molar-refractivity contribution in [1.82, 2.24) is 15.2 Å². The van der Waals surface area contributed by atoms with Gasteiger partial charge in [-0.05, 0) is 26.0 Å². The Bertz CT molecular complexity index is 475. The largest absolute Gasteiger partial charge is 0.379 e. The Morgan fingerprint density at radius 3 is 2.78 bits per heavy atom. The van der Waals surface area contributed by atoms with Crippen molar-refractivity contribution in [2.45, 2.75) is 25.8 Å². The van der Waals surface area contributed by atoms with Gasteiger partial charge in [-0.3, -0.25) is 14.9 Å². The summed E-state index contributed by atoms with van der Waals surface area (Å²) in [6.45, 7) is 9.31. The van der Waals surface area contributed by atoms with Crippen molar-refractivity contribution in [2.75, 3.05) is 39.4 Å². The van der Waals surface area contributed by atoms with Gasteiger partial charge < -0.3 is 15.8 Å². The smallest absolute Gasteiger partial charge is 0.188 e. The first-order chi connectivity index (χ1) is 10.6. The molecule has 0 spiro atoms. The molecule has 0 amide bonds. The second kappa shape index (κ2) is 10.0. The highest BCUT2D eigenvalue weighted by Crippen LogP contribution is 2.16. The second-order valence-corrected chi connectivity index (χ2v) is 6.11. The molecule has 0 aliphatic carbocycles. The van der Waals surface area contributed by atoms with E-state index in [4.69, 9.17) is 10.5 Å². The fraction of sp³-hybridized carbons (Fsp3) is 0.625. The van der Waals surface area contributed by atoms with E-state index < -0.39 is 0 Å². The summed E-state index contributed by atoms with van der Waals surface area (Å²) in [7, 11) is 0. The lowest BCUT2D eigenvalue weighted by atomic mass is 10.0. The van der Waals surface area contributed by atoms with Crippen LogP contribution in [0.25, 0.3) is 0 Å². The molecule has 1 aromatic heterocycles. The molecule has 2 rings (SSSR count). The Morgan fingerprint density at radius 1 is 1.39 bits per heavy atom. The number of hydrogen-bond donors (Lipinski definition) is 2. The summed E-state index contributed by atoms with van der Waals surface area (Å²) < 4.78 is 5.40. The van der Waals surface area contributed by atoms with E-state index in [-0.39, 0.29) is 29.5 Å². The number of nitrogens with two attached hydrogens (primary N) is 1. The number of nitrogens with one attached hydrogen (secondary N) is 1. The van der Waals surface area contributed by atoms with Crippen LogP contribution in [0.15, 0.2) is 29.4 Å². The zero-order valence-electron chi connectivity index (χ0n) is 14.0. The van der Waals surface area contributed by atoms with E-state index in [0.29, 0.717) is 12.5 Å². The SMILES string of the molecule is CC(C)(CN=C(N)NCCc1ccccn1)N1CCOCC1.I. The Labute approximate surface area is 155 Å². The topological polar surface area (TPSA) is 75.8 Å². The monoisotopic (exact) mass is 433 g/mol. The molecule has 130 valence electrons. The van der Waals surface area contributed by atoms with E-state index in [1.807, 2.05) is 18.2 Å². The van der Waals surface area contributed by atoms with E-state index >= 15 is 0 Å². The summed E-state index contributed by atoms with van der Waals surface area (Å²) in [5, 5.41) is 3.15. The van der Waals surface area contributed by atoms with Gasteiger partial charge in [0.05, 0.1) is 19.8 Å². The first-order valence-corrected chi connectivity index (χ1v) is 7.84. The number of nitrogens with zero attached hydrogens (tertiary/aromatic N) is 3. The van der Waals surface area contributed by atoms with Gasteiger partial charge in [0.1, 0.15) is 0 Å². The lowest BCUT2D eigenvalue weighted by Crippen LogP contribution is -2.52. The van der Waals surface area contributed by atoms with Crippen LogP contribution < -0.4 is 11.1 Å². The van der Waals surface area contributed by atoms with Gasteiger partial charge in [0.25, 0.3) is 0 Å². The predicted octanol–water partition coefficient (Wildman–Crippen LogP) is 1.26. The summed E-state index contributed by atoms with van der Waals surface area (Å²) in [4.78, 5) is 11.2. The van der Waals surface area contributed by atoms with Crippen molar-refractivity contribution in [2.24, 2.45) is 10.7 Å². The Hall–Kier alpha value is -0.930. The molecular formula is C16H28IN5O. The average Bonchev–Trinajstić information content (AvgIpc) is 2.55. The normalized spacial score (nSPS) is 16.7. The molecule has 0 unspecified atom stereocenters. The molecule has 1 aliphatic heterocycles. The highest BCUT2D eigenvalue weighted by Gasteiger charge is 2.27. The summed E-state index contributed by atoms with van der Waals surface area (Å²) in [5.41, 5.74) is 7.00. The number of aromatic nitrogens is 1. The van der Waals surface area contributed by atoms with Gasteiger partial charge >= 0.3 is 0 Å². The van der Waals surface area contributed by atoms with Gasteiger partial charge in [-0.15, -0.1) is 24.0 Å². The summed E-state index contributed by atoms with van der Waals surface area (Å²) in [6, 6.07) is 5.92. The fourth-order valence-electron chi connectivity index (χ4n) is 2.47. The van der Waals surface area contributed by atoms with Crippen molar-refractivity contribution in [3.63, 3.8) is 0 Å². The third-order valence-electron chi connectivity index (χ3n) is 3.92. The van der Waals surface area contributed by atoms with Crippen molar-refractivity contribution in [3.8, 4) is 0 Å². The molecule has 0 radical (unpaired) electrons. The molecule has 3 N–H and O–H groups in total. The number of morpholine rings is 1. The van der Waals surface area contributed by atoms with E-state index in [2.05, 4.69) is 34.0 Å². The number of rotatable bonds is 6. The maximum atomic E-state index is 5.95. The number of halogens is 1. The first kappa shape index (κ1) is 20.1. The predicted molar refractivity (Wildman–Crippen MR) is 104 cm³/mol. The van der Waals surface area contributed by atoms with Crippen LogP contribution in [0.3, 0.4) is 0 Å². The second-order valence-electron chi connectivity index (χ2n) is 6.11. The molecule has 1 aliphatic rings. The van der Waals surface area contributed by atoms with Crippen molar-refractivity contribution >= 4 is 29.9 Å². The van der Waals surface area contributed by atoms with E-state index in [9.17, 15) is 0 Å². The maximum Gasteiger partial charge on any atom is 0.188 e. The third-order valence-corrected chi connectivity index (χ3v) is 3.92. The van der Waals surface area contributed by atoms with Gasteiger partial charge in [0, 0.05) is 43.5 Å². The van der Waals surface area contributed by atoms with Gasteiger partial charge in [-0.25, -0.2) is 0 Å². The maximum absolute atomic E-state index is 5.95. The number of ether oxygens (including phenoxy) is 1. The van der Waals surface area contributed by atoms with Crippen LogP contribution in [-0.4, -0.2) is 60.8 Å². The third kappa shape index (κ3) is 7.01. The zero-order valence-corrected chi connectivity index (χ0v) is 16.3. The highest BCUT2D eigenvalue weighted by atomic mass is 127. The first-order valence-electron chi connectivity index (χ1n) is 7.84. The van der Waals surface area contributed by atoms with E-state index in [0.717, 1.165) is 45.0 Å². The van der Waals surface area contributed by atoms with Crippen LogP contribution in [0.4, 0.5) is 0 Å². The minimum Gasteiger partial charge on any atom is -0.379 e. The van der Waals surface area contributed by atoms with Crippen molar-refractivity contribution < 1.29 is 4.74 Å². The molecule has 6 nitrogen and oxygen atoms in total. The Kier molecular flexibility index (Phi) is 8.78. The van der Waals surface area contributed by atoms with Crippen molar-refractivity contribution in [3.05, 3.63) is 30.1 Å². The van der Waals surface area contributed by atoms with E-state index in [1.165, 1.54) is 0 Å². The van der Waals surface area contributed by atoms with Gasteiger partial charge in [0.15, 0.2) is 5.96 Å². The minimum atomic E-state index is -0.00291. The van der Waals surface area contributed by atoms with E-state index in [1.54, 1.807) is 6.20 Å². The van der Waals surface area contributed by atoms with Gasteiger partial charge in [-0.2, -0.15) is 0 Å². The quantitative estimate of drug-likeness (QED) is 0.402. The molecule has 7 heteroatoms. The summed E-state index contributed by atoms with van der Waals surface area (Å²) in [5.74, 6) is 0.497. The molecule has 1 saturated heterocycles. The molecule has 2 heterocycles. The minimum absolute atomic E-state index is 0. The number of guanidine groups is 1. The molecule has 0 aromatic carbocycles.